The Kier molecular flexibility index (Phi) is 3.78. The average Bonchev–Trinajstić information content (AvgIpc) is 2.86. The predicted molar refractivity (Wildman–Crippen MR) is 83.1 cm³/mol. The van der Waals surface area contributed by atoms with Crippen molar-refractivity contribution in [1.29, 1.82) is 0 Å². The number of pyridine rings is 1. The smallest absolute Gasteiger partial charge is 0.0835 e. The van der Waals surface area contributed by atoms with Crippen molar-refractivity contribution >= 4 is 26.8 Å². The summed E-state index contributed by atoms with van der Waals surface area (Å²) >= 11 is 3.42. The summed E-state index contributed by atoms with van der Waals surface area (Å²) in [6.45, 7) is 2.74. The third kappa shape index (κ3) is 2.72. The molecule has 0 unspecified atom stereocenters. The highest BCUT2D eigenvalue weighted by Crippen LogP contribution is 2.19. The third-order valence-corrected chi connectivity index (χ3v) is 3.60. The molecule has 0 aliphatic rings. The van der Waals surface area contributed by atoms with Gasteiger partial charge in [-0.3, -0.25) is 4.98 Å². The van der Waals surface area contributed by atoms with E-state index in [9.17, 15) is 0 Å². The van der Waals surface area contributed by atoms with Gasteiger partial charge in [0.2, 0.25) is 0 Å². The highest BCUT2D eigenvalue weighted by molar-refractivity contribution is 9.09. The SMILES string of the molecule is Cc1cc(Cn2cc(CCBr)nn2)c2ccccc2n1. The summed E-state index contributed by atoms with van der Waals surface area (Å²) in [6, 6.07) is 10.3. The molecule has 0 spiro atoms. The van der Waals surface area contributed by atoms with Gasteiger partial charge in [0, 0.05) is 29.0 Å². The fraction of sp³-hybridized carbons (Fsp3) is 0.267. The molecular weight excluding hydrogens is 316 g/mol. The van der Waals surface area contributed by atoms with Crippen LogP contribution in [0.4, 0.5) is 0 Å². The van der Waals surface area contributed by atoms with Crippen molar-refractivity contribution < 1.29 is 0 Å². The van der Waals surface area contributed by atoms with E-state index in [4.69, 9.17) is 0 Å². The maximum absolute atomic E-state index is 4.56. The van der Waals surface area contributed by atoms with Gasteiger partial charge in [0.25, 0.3) is 0 Å². The molecule has 0 saturated carbocycles. The lowest BCUT2D eigenvalue weighted by atomic mass is 10.1. The van der Waals surface area contributed by atoms with E-state index < -0.39 is 0 Å². The number of hydrogen-bond donors (Lipinski definition) is 0. The van der Waals surface area contributed by atoms with Crippen LogP contribution in [0, 0.1) is 6.92 Å². The Morgan fingerprint density at radius 2 is 2.10 bits per heavy atom. The van der Waals surface area contributed by atoms with E-state index in [-0.39, 0.29) is 0 Å². The second-order valence-corrected chi connectivity index (χ2v) is 5.58. The lowest BCUT2D eigenvalue weighted by Crippen LogP contribution is -2.02. The molecule has 4 nitrogen and oxygen atoms in total. The fourth-order valence-electron chi connectivity index (χ4n) is 2.33. The first-order valence-corrected chi connectivity index (χ1v) is 7.68. The Morgan fingerprint density at radius 3 is 2.95 bits per heavy atom. The van der Waals surface area contributed by atoms with Gasteiger partial charge in [-0.2, -0.15) is 0 Å². The Labute approximate surface area is 126 Å². The molecule has 2 heterocycles. The van der Waals surface area contributed by atoms with Gasteiger partial charge in [0.05, 0.1) is 17.8 Å². The lowest BCUT2D eigenvalue weighted by molar-refractivity contribution is 0.651. The van der Waals surface area contributed by atoms with Crippen LogP contribution in [0.1, 0.15) is 17.0 Å². The predicted octanol–water partition coefficient (Wildman–Crippen LogP) is 3.12. The number of rotatable bonds is 4. The molecule has 5 heteroatoms. The van der Waals surface area contributed by atoms with Gasteiger partial charge in [0.15, 0.2) is 0 Å². The van der Waals surface area contributed by atoms with Crippen LogP contribution >= 0.6 is 15.9 Å². The highest BCUT2D eigenvalue weighted by atomic mass is 79.9. The first-order chi connectivity index (χ1) is 9.76. The van der Waals surface area contributed by atoms with Crippen LogP contribution in [0.2, 0.25) is 0 Å². The largest absolute Gasteiger partial charge is 0.253 e. The molecule has 0 N–H and O–H groups in total. The molecule has 3 aromatic rings. The number of aryl methyl sites for hydroxylation is 2. The quantitative estimate of drug-likeness (QED) is 0.690. The minimum absolute atomic E-state index is 0.721. The summed E-state index contributed by atoms with van der Waals surface area (Å²) in [7, 11) is 0. The van der Waals surface area contributed by atoms with E-state index in [2.05, 4.69) is 43.4 Å². The first-order valence-electron chi connectivity index (χ1n) is 6.56. The Hall–Kier alpha value is -1.75. The highest BCUT2D eigenvalue weighted by Gasteiger charge is 2.06. The maximum atomic E-state index is 4.56. The van der Waals surface area contributed by atoms with Gasteiger partial charge in [-0.25, -0.2) is 4.68 Å². The van der Waals surface area contributed by atoms with Gasteiger partial charge in [0.1, 0.15) is 0 Å². The Balaban J connectivity index is 1.97. The monoisotopic (exact) mass is 330 g/mol. The van der Waals surface area contributed by atoms with E-state index in [1.165, 1.54) is 10.9 Å². The summed E-state index contributed by atoms with van der Waals surface area (Å²) in [4.78, 5) is 4.56. The molecule has 2 aromatic heterocycles. The van der Waals surface area contributed by atoms with E-state index in [1.54, 1.807) is 0 Å². The molecule has 0 atom stereocenters. The zero-order valence-electron chi connectivity index (χ0n) is 11.3. The Morgan fingerprint density at radius 1 is 1.25 bits per heavy atom. The lowest BCUT2D eigenvalue weighted by Gasteiger charge is -2.07. The number of benzene rings is 1. The van der Waals surface area contributed by atoms with Crippen molar-refractivity contribution in [3.05, 3.63) is 53.5 Å². The number of alkyl halides is 1. The average molecular weight is 331 g/mol. The van der Waals surface area contributed by atoms with E-state index in [1.807, 2.05) is 36.0 Å². The van der Waals surface area contributed by atoms with Crippen LogP contribution in [0.15, 0.2) is 36.5 Å². The fourth-order valence-corrected chi connectivity index (χ4v) is 2.73. The van der Waals surface area contributed by atoms with Crippen LogP contribution < -0.4 is 0 Å². The molecule has 3 rings (SSSR count). The number of hydrogen-bond acceptors (Lipinski definition) is 3. The summed E-state index contributed by atoms with van der Waals surface area (Å²) in [5, 5.41) is 10.4. The van der Waals surface area contributed by atoms with E-state index in [0.29, 0.717) is 0 Å². The molecule has 102 valence electrons. The van der Waals surface area contributed by atoms with Gasteiger partial charge in [-0.05, 0) is 24.6 Å². The topological polar surface area (TPSA) is 43.6 Å². The van der Waals surface area contributed by atoms with Gasteiger partial charge >= 0.3 is 0 Å². The molecule has 0 saturated heterocycles. The van der Waals surface area contributed by atoms with Crippen molar-refractivity contribution in [2.24, 2.45) is 0 Å². The molecule has 0 fully saturated rings. The number of fused-ring (bicyclic) bond motifs is 1. The van der Waals surface area contributed by atoms with E-state index in [0.717, 1.165) is 35.2 Å². The van der Waals surface area contributed by atoms with Gasteiger partial charge < -0.3 is 0 Å². The molecule has 0 bridgehead atoms. The van der Waals surface area contributed by atoms with Crippen LogP contribution in [0.5, 0.6) is 0 Å². The standard InChI is InChI=1S/C15H15BrN4/c1-11-8-12(14-4-2-3-5-15(14)17-11)9-20-10-13(6-7-16)18-19-20/h2-5,8,10H,6-7,9H2,1H3. The number of halogens is 1. The minimum atomic E-state index is 0.721. The molecule has 1 aromatic carbocycles. The summed E-state index contributed by atoms with van der Waals surface area (Å²) in [5.74, 6) is 0. The molecule has 0 amide bonds. The van der Waals surface area contributed by atoms with Crippen molar-refractivity contribution in [3.8, 4) is 0 Å². The minimum Gasteiger partial charge on any atom is -0.253 e. The summed E-state index contributed by atoms with van der Waals surface area (Å²) < 4.78 is 1.89. The second kappa shape index (κ2) is 5.71. The molecule has 0 aliphatic carbocycles. The van der Waals surface area contributed by atoms with Crippen LogP contribution in [0.3, 0.4) is 0 Å². The Bertz CT molecular complexity index is 736. The third-order valence-electron chi connectivity index (χ3n) is 3.20. The van der Waals surface area contributed by atoms with Gasteiger partial charge in [-0.15, -0.1) is 5.10 Å². The van der Waals surface area contributed by atoms with E-state index >= 15 is 0 Å². The number of aromatic nitrogens is 4. The summed E-state index contributed by atoms with van der Waals surface area (Å²) in [5.41, 5.74) is 4.29. The van der Waals surface area contributed by atoms with Crippen LogP contribution in [-0.4, -0.2) is 25.3 Å². The number of para-hydroxylation sites is 1. The van der Waals surface area contributed by atoms with Gasteiger partial charge in [-0.1, -0.05) is 39.3 Å². The molecule has 0 radical (unpaired) electrons. The van der Waals surface area contributed by atoms with Crippen molar-refractivity contribution in [2.45, 2.75) is 19.9 Å². The zero-order valence-corrected chi connectivity index (χ0v) is 12.8. The normalized spacial score (nSPS) is 11.1. The number of nitrogens with zero attached hydrogens (tertiary/aromatic N) is 4. The molecular formula is C15H15BrN4. The molecule has 20 heavy (non-hydrogen) atoms. The summed E-state index contributed by atoms with van der Waals surface area (Å²) in [6.07, 6.45) is 2.90. The van der Waals surface area contributed by atoms with Crippen LogP contribution in [0.25, 0.3) is 10.9 Å². The van der Waals surface area contributed by atoms with Crippen molar-refractivity contribution in [1.82, 2.24) is 20.0 Å². The first kappa shape index (κ1) is 13.2. The van der Waals surface area contributed by atoms with Crippen molar-refractivity contribution in [2.75, 3.05) is 5.33 Å². The second-order valence-electron chi connectivity index (χ2n) is 4.79. The van der Waals surface area contributed by atoms with Crippen molar-refractivity contribution in [3.63, 3.8) is 0 Å². The van der Waals surface area contributed by atoms with Crippen LogP contribution in [-0.2, 0) is 13.0 Å². The zero-order chi connectivity index (χ0) is 13.9. The molecule has 0 aliphatic heterocycles. The maximum Gasteiger partial charge on any atom is 0.0835 e.